The highest BCUT2D eigenvalue weighted by atomic mass is 32.2. The standard InChI is InChI=1S/C20H25N3O2S2/c1-3-6-25-16-9-21-13(8-15(16)24)10-26-19-18-14-5-4-12(2)7-17(14)27-20(18)23-11-22-19/h8-9,11-12,14,17H,3-7,10H2,1-2H3,(H,21,24). The molecule has 0 aromatic carbocycles. The number of aromatic amines is 1. The smallest absolute Gasteiger partial charge is 0.223 e. The fourth-order valence-corrected chi connectivity index (χ4v) is 6.56. The highest BCUT2D eigenvalue weighted by Gasteiger charge is 2.40. The summed E-state index contributed by atoms with van der Waals surface area (Å²) in [6, 6.07) is 1.64. The largest absolute Gasteiger partial charge is 0.488 e. The molecule has 3 heterocycles. The van der Waals surface area contributed by atoms with E-state index in [2.05, 4.69) is 21.9 Å². The van der Waals surface area contributed by atoms with Gasteiger partial charge in [-0.25, -0.2) is 9.97 Å². The minimum absolute atomic E-state index is 0.0670. The molecule has 2 aromatic rings. The highest BCUT2D eigenvalue weighted by molar-refractivity contribution is 8.00. The van der Waals surface area contributed by atoms with Crippen molar-refractivity contribution in [2.45, 2.75) is 66.5 Å². The van der Waals surface area contributed by atoms with Crippen molar-refractivity contribution in [2.75, 3.05) is 6.61 Å². The van der Waals surface area contributed by atoms with E-state index < -0.39 is 0 Å². The summed E-state index contributed by atoms with van der Waals surface area (Å²) in [5.41, 5.74) is 2.16. The fraction of sp³-hybridized carbons (Fsp3) is 0.550. The lowest BCUT2D eigenvalue weighted by Crippen LogP contribution is -2.21. The lowest BCUT2D eigenvalue weighted by Gasteiger charge is -2.29. The van der Waals surface area contributed by atoms with Crippen molar-refractivity contribution in [3.63, 3.8) is 0 Å². The van der Waals surface area contributed by atoms with Gasteiger partial charge in [-0.3, -0.25) is 4.79 Å². The summed E-state index contributed by atoms with van der Waals surface area (Å²) >= 11 is 3.63. The van der Waals surface area contributed by atoms with Crippen molar-refractivity contribution in [1.82, 2.24) is 15.0 Å². The van der Waals surface area contributed by atoms with Crippen molar-refractivity contribution in [2.24, 2.45) is 5.92 Å². The van der Waals surface area contributed by atoms with E-state index >= 15 is 0 Å². The molecule has 3 unspecified atom stereocenters. The number of H-pyrrole nitrogens is 1. The number of fused-ring (bicyclic) bond motifs is 3. The number of ether oxygens (including phenoxy) is 1. The van der Waals surface area contributed by atoms with Crippen molar-refractivity contribution < 1.29 is 4.74 Å². The Kier molecular flexibility index (Phi) is 5.78. The van der Waals surface area contributed by atoms with Crippen LogP contribution in [-0.2, 0) is 5.75 Å². The van der Waals surface area contributed by atoms with Crippen LogP contribution in [0.25, 0.3) is 0 Å². The van der Waals surface area contributed by atoms with Crippen LogP contribution in [0.15, 0.2) is 33.4 Å². The van der Waals surface area contributed by atoms with Gasteiger partial charge < -0.3 is 9.72 Å². The molecule has 27 heavy (non-hydrogen) atoms. The first-order valence-electron chi connectivity index (χ1n) is 9.64. The number of nitrogens with zero attached hydrogens (tertiary/aromatic N) is 2. The fourth-order valence-electron chi connectivity index (χ4n) is 3.88. The second-order valence-corrected chi connectivity index (χ2v) is 9.59. The van der Waals surface area contributed by atoms with Crippen LogP contribution >= 0.6 is 23.5 Å². The van der Waals surface area contributed by atoms with Crippen molar-refractivity contribution in [1.29, 1.82) is 0 Å². The minimum Gasteiger partial charge on any atom is -0.488 e. The predicted octanol–water partition coefficient (Wildman–Crippen LogP) is 4.62. The lowest BCUT2D eigenvalue weighted by atomic mass is 9.80. The Labute approximate surface area is 168 Å². The Bertz CT molecular complexity index is 871. The zero-order valence-electron chi connectivity index (χ0n) is 15.7. The summed E-state index contributed by atoms with van der Waals surface area (Å²) in [6.07, 6.45) is 8.02. The number of nitrogens with one attached hydrogen (secondary N) is 1. The first-order valence-corrected chi connectivity index (χ1v) is 11.5. The van der Waals surface area contributed by atoms with Gasteiger partial charge in [-0.05, 0) is 25.2 Å². The number of rotatable bonds is 6. The van der Waals surface area contributed by atoms with Gasteiger partial charge in [-0.2, -0.15) is 0 Å². The zero-order chi connectivity index (χ0) is 18.8. The van der Waals surface area contributed by atoms with Crippen molar-refractivity contribution >= 4 is 23.5 Å². The molecule has 1 aliphatic carbocycles. The maximum atomic E-state index is 12.2. The summed E-state index contributed by atoms with van der Waals surface area (Å²) in [5, 5.41) is 2.88. The summed E-state index contributed by atoms with van der Waals surface area (Å²) in [6.45, 7) is 4.93. The number of pyridine rings is 1. The second kappa shape index (κ2) is 8.27. The van der Waals surface area contributed by atoms with E-state index in [1.807, 2.05) is 18.7 Å². The van der Waals surface area contributed by atoms with E-state index in [9.17, 15) is 4.79 Å². The Morgan fingerprint density at radius 2 is 2.26 bits per heavy atom. The van der Waals surface area contributed by atoms with Crippen LogP contribution in [-0.4, -0.2) is 26.8 Å². The van der Waals surface area contributed by atoms with Gasteiger partial charge in [0.05, 0.1) is 6.61 Å². The first kappa shape index (κ1) is 18.9. The molecule has 1 aliphatic heterocycles. The Hall–Kier alpha value is -1.47. The third-order valence-electron chi connectivity index (χ3n) is 5.26. The third-order valence-corrected chi connectivity index (χ3v) is 7.69. The van der Waals surface area contributed by atoms with E-state index in [0.29, 0.717) is 29.3 Å². The van der Waals surface area contributed by atoms with Gasteiger partial charge in [-0.15, -0.1) is 11.8 Å². The number of hydrogen-bond acceptors (Lipinski definition) is 6. The van der Waals surface area contributed by atoms with Crippen LogP contribution in [0, 0.1) is 5.92 Å². The summed E-state index contributed by atoms with van der Waals surface area (Å²) in [4.78, 5) is 24.5. The van der Waals surface area contributed by atoms with Gasteiger partial charge in [0, 0.05) is 40.4 Å². The molecule has 1 N–H and O–H groups in total. The first-order chi connectivity index (χ1) is 13.2. The van der Waals surface area contributed by atoms with Crippen LogP contribution in [0.4, 0.5) is 0 Å². The Morgan fingerprint density at radius 3 is 3.07 bits per heavy atom. The molecule has 0 spiro atoms. The highest BCUT2D eigenvalue weighted by Crippen LogP contribution is 2.54. The van der Waals surface area contributed by atoms with Gasteiger partial charge in [-0.1, -0.05) is 32.0 Å². The average Bonchev–Trinajstić information content (AvgIpc) is 3.03. The van der Waals surface area contributed by atoms with Gasteiger partial charge in [0.1, 0.15) is 16.4 Å². The van der Waals surface area contributed by atoms with Crippen molar-refractivity contribution in [3.05, 3.63) is 40.1 Å². The molecule has 0 bridgehead atoms. The van der Waals surface area contributed by atoms with Crippen LogP contribution in [0.3, 0.4) is 0 Å². The maximum absolute atomic E-state index is 12.2. The summed E-state index contributed by atoms with van der Waals surface area (Å²) in [5.74, 6) is 2.46. The second-order valence-electron chi connectivity index (χ2n) is 7.40. The molecule has 144 valence electrons. The minimum atomic E-state index is -0.0670. The number of aromatic nitrogens is 3. The van der Waals surface area contributed by atoms with Gasteiger partial charge in [0.25, 0.3) is 0 Å². The number of thioether (sulfide) groups is 2. The SMILES string of the molecule is CCCOc1c[nH]c(CSc2ncnc3c2C2CCC(C)CC2S3)cc1=O. The molecular weight excluding hydrogens is 378 g/mol. The molecule has 4 rings (SSSR count). The molecule has 3 atom stereocenters. The van der Waals surface area contributed by atoms with Crippen LogP contribution < -0.4 is 10.2 Å². The molecule has 0 radical (unpaired) electrons. The molecule has 2 aliphatic rings. The van der Waals surface area contributed by atoms with E-state index in [-0.39, 0.29) is 5.43 Å². The van der Waals surface area contributed by atoms with Gasteiger partial charge in [0.15, 0.2) is 5.75 Å². The van der Waals surface area contributed by atoms with E-state index in [4.69, 9.17) is 4.74 Å². The summed E-state index contributed by atoms with van der Waals surface area (Å²) < 4.78 is 5.46. The monoisotopic (exact) mass is 403 g/mol. The van der Waals surface area contributed by atoms with Gasteiger partial charge in [0.2, 0.25) is 5.43 Å². The van der Waals surface area contributed by atoms with Crippen LogP contribution in [0.1, 0.15) is 56.7 Å². The number of hydrogen-bond donors (Lipinski definition) is 1. The van der Waals surface area contributed by atoms with Gasteiger partial charge >= 0.3 is 0 Å². The maximum Gasteiger partial charge on any atom is 0.223 e. The Morgan fingerprint density at radius 1 is 1.37 bits per heavy atom. The van der Waals surface area contributed by atoms with Crippen LogP contribution in [0.2, 0.25) is 0 Å². The van der Waals surface area contributed by atoms with Crippen LogP contribution in [0.5, 0.6) is 5.75 Å². The average molecular weight is 404 g/mol. The summed E-state index contributed by atoms with van der Waals surface area (Å²) in [7, 11) is 0. The molecule has 1 fully saturated rings. The molecule has 2 aromatic heterocycles. The third kappa shape index (κ3) is 4.04. The van der Waals surface area contributed by atoms with E-state index in [1.54, 1.807) is 30.4 Å². The quantitative estimate of drug-likeness (QED) is 0.560. The zero-order valence-corrected chi connectivity index (χ0v) is 17.4. The molecule has 0 saturated heterocycles. The predicted molar refractivity (Wildman–Crippen MR) is 110 cm³/mol. The molecule has 7 heteroatoms. The molecule has 1 saturated carbocycles. The topological polar surface area (TPSA) is 67.9 Å². The molecule has 5 nitrogen and oxygen atoms in total. The Balaban J connectivity index is 1.48. The molecular formula is C20H25N3O2S2. The van der Waals surface area contributed by atoms with E-state index in [0.717, 1.165) is 28.1 Å². The normalized spacial score (nSPS) is 23.7. The van der Waals surface area contributed by atoms with Crippen molar-refractivity contribution in [3.8, 4) is 5.75 Å². The van der Waals surface area contributed by atoms with E-state index in [1.165, 1.54) is 24.8 Å². The lowest BCUT2D eigenvalue weighted by molar-refractivity contribution is 0.313. The molecule has 0 amide bonds.